The van der Waals surface area contributed by atoms with Gasteiger partial charge in [0.2, 0.25) is 0 Å². The molecule has 0 aromatic heterocycles. The van der Waals surface area contributed by atoms with Gasteiger partial charge in [-0.1, -0.05) is 39.0 Å². The summed E-state index contributed by atoms with van der Waals surface area (Å²) in [4.78, 5) is 0. The number of aryl methyl sites for hydroxylation is 2. The van der Waals surface area contributed by atoms with Gasteiger partial charge in [-0.15, -0.1) is 6.58 Å². The molecule has 1 rings (SSSR count). The second-order valence-corrected chi connectivity index (χ2v) is 5.33. The first kappa shape index (κ1) is 12.0. The second kappa shape index (κ2) is 4.22. The molecule has 0 heteroatoms. The van der Waals surface area contributed by atoms with Crippen molar-refractivity contribution in [3.8, 4) is 0 Å². The Balaban J connectivity index is 3.25. The highest BCUT2D eigenvalue weighted by molar-refractivity contribution is 5.41. The van der Waals surface area contributed by atoms with Crippen molar-refractivity contribution < 1.29 is 0 Å². The van der Waals surface area contributed by atoms with E-state index in [9.17, 15) is 0 Å². The molecule has 1 aromatic carbocycles. The van der Waals surface area contributed by atoms with Gasteiger partial charge in [0.05, 0.1) is 0 Å². The zero-order valence-electron chi connectivity index (χ0n) is 10.6. The Kier molecular flexibility index (Phi) is 3.38. The van der Waals surface area contributed by atoms with E-state index in [4.69, 9.17) is 0 Å². The maximum Gasteiger partial charge on any atom is -0.00949 e. The molecule has 0 aliphatic heterocycles. The summed E-state index contributed by atoms with van der Waals surface area (Å²) >= 11 is 0. The Morgan fingerprint density at radius 1 is 1.13 bits per heavy atom. The number of allylic oxidation sites excluding steroid dienone is 1. The van der Waals surface area contributed by atoms with Crippen molar-refractivity contribution in [3.05, 3.63) is 47.0 Å². The fourth-order valence-electron chi connectivity index (χ4n) is 1.89. The Morgan fingerprint density at radius 2 is 1.60 bits per heavy atom. The average Bonchev–Trinajstić information content (AvgIpc) is 2.09. The van der Waals surface area contributed by atoms with Crippen molar-refractivity contribution in [2.24, 2.45) is 0 Å². The molecule has 1 aromatic rings. The Hall–Kier alpha value is -1.04. The van der Waals surface area contributed by atoms with Gasteiger partial charge in [0.25, 0.3) is 0 Å². The van der Waals surface area contributed by atoms with E-state index in [0.29, 0.717) is 0 Å². The molecule has 0 saturated carbocycles. The molecule has 0 fully saturated rings. The van der Waals surface area contributed by atoms with Gasteiger partial charge >= 0.3 is 0 Å². The molecule has 0 aliphatic rings. The predicted octanol–water partition coefficient (Wildman–Crippen LogP) is 4.33. The summed E-state index contributed by atoms with van der Waals surface area (Å²) < 4.78 is 0. The summed E-state index contributed by atoms with van der Waals surface area (Å²) in [7, 11) is 0. The van der Waals surface area contributed by atoms with Gasteiger partial charge in [-0.2, -0.15) is 0 Å². The fraction of sp³-hybridized carbons (Fsp3) is 0.467. The highest BCUT2D eigenvalue weighted by Crippen LogP contribution is 2.27. The van der Waals surface area contributed by atoms with Crippen LogP contribution in [0.2, 0.25) is 0 Å². The van der Waals surface area contributed by atoms with Crippen LogP contribution in [-0.2, 0) is 11.8 Å². The average molecular weight is 202 g/mol. The van der Waals surface area contributed by atoms with Gasteiger partial charge in [0.1, 0.15) is 0 Å². The van der Waals surface area contributed by atoms with Crippen molar-refractivity contribution >= 4 is 0 Å². The largest absolute Gasteiger partial charge is 0.103 e. The topological polar surface area (TPSA) is 0 Å². The van der Waals surface area contributed by atoms with Gasteiger partial charge in [0.15, 0.2) is 0 Å². The third-order valence-electron chi connectivity index (χ3n) is 2.91. The molecular weight excluding hydrogens is 180 g/mol. The van der Waals surface area contributed by atoms with Crippen molar-refractivity contribution in [1.29, 1.82) is 0 Å². The summed E-state index contributed by atoms with van der Waals surface area (Å²) in [6.45, 7) is 15.0. The SMILES string of the molecule is C=CCc1c(C)cc(C(C)(C)C)cc1C. The number of benzene rings is 1. The van der Waals surface area contributed by atoms with E-state index >= 15 is 0 Å². The molecule has 0 spiro atoms. The molecule has 0 N–H and O–H groups in total. The molecule has 0 aliphatic carbocycles. The highest BCUT2D eigenvalue weighted by atomic mass is 14.2. The van der Waals surface area contributed by atoms with Crippen molar-refractivity contribution in [2.75, 3.05) is 0 Å². The minimum Gasteiger partial charge on any atom is -0.103 e. The summed E-state index contributed by atoms with van der Waals surface area (Å²) in [5.74, 6) is 0. The number of hydrogen-bond donors (Lipinski definition) is 0. The maximum absolute atomic E-state index is 3.81. The molecule has 0 heterocycles. The van der Waals surface area contributed by atoms with E-state index < -0.39 is 0 Å². The van der Waals surface area contributed by atoms with Crippen LogP contribution < -0.4 is 0 Å². The van der Waals surface area contributed by atoms with Gasteiger partial charge < -0.3 is 0 Å². The smallest absolute Gasteiger partial charge is 0.00949 e. The van der Waals surface area contributed by atoms with Crippen LogP contribution in [0.5, 0.6) is 0 Å². The zero-order valence-corrected chi connectivity index (χ0v) is 10.6. The molecule has 0 saturated heterocycles. The van der Waals surface area contributed by atoms with Crippen molar-refractivity contribution in [1.82, 2.24) is 0 Å². The van der Waals surface area contributed by atoms with Crippen LogP contribution in [0.3, 0.4) is 0 Å². The molecule has 82 valence electrons. The summed E-state index contributed by atoms with van der Waals surface area (Å²) in [6.07, 6.45) is 2.95. The third kappa shape index (κ3) is 2.71. The minimum absolute atomic E-state index is 0.238. The summed E-state index contributed by atoms with van der Waals surface area (Å²) in [6, 6.07) is 4.62. The normalized spacial score (nSPS) is 11.5. The Bertz CT molecular complexity index is 341. The summed E-state index contributed by atoms with van der Waals surface area (Å²) in [5.41, 5.74) is 5.87. The van der Waals surface area contributed by atoms with E-state index in [1.165, 1.54) is 22.3 Å². The molecule has 0 unspecified atom stereocenters. The third-order valence-corrected chi connectivity index (χ3v) is 2.91. The minimum atomic E-state index is 0.238. The zero-order chi connectivity index (χ0) is 11.6. The number of rotatable bonds is 2. The van der Waals surface area contributed by atoms with Gasteiger partial charge in [-0.25, -0.2) is 0 Å². The van der Waals surface area contributed by atoms with E-state index in [-0.39, 0.29) is 5.41 Å². The van der Waals surface area contributed by atoms with Crippen LogP contribution in [0.4, 0.5) is 0 Å². The second-order valence-electron chi connectivity index (χ2n) is 5.33. The van der Waals surface area contributed by atoms with Crippen LogP contribution in [-0.4, -0.2) is 0 Å². The molecule has 0 radical (unpaired) electrons. The van der Waals surface area contributed by atoms with Gasteiger partial charge in [0, 0.05) is 0 Å². The molecular formula is C15H22. The van der Waals surface area contributed by atoms with Gasteiger partial charge in [-0.05, 0) is 47.9 Å². The Morgan fingerprint density at radius 3 is 1.93 bits per heavy atom. The molecule has 15 heavy (non-hydrogen) atoms. The maximum atomic E-state index is 3.81. The standard InChI is InChI=1S/C15H22/c1-7-8-14-11(2)9-13(10-12(14)3)15(4,5)6/h7,9-10H,1,8H2,2-6H3. The van der Waals surface area contributed by atoms with Crippen molar-refractivity contribution in [2.45, 2.75) is 46.5 Å². The first-order valence-corrected chi connectivity index (χ1v) is 5.57. The van der Waals surface area contributed by atoms with Crippen LogP contribution in [0.15, 0.2) is 24.8 Å². The van der Waals surface area contributed by atoms with E-state index in [1.54, 1.807) is 0 Å². The molecule has 0 atom stereocenters. The van der Waals surface area contributed by atoms with E-state index in [2.05, 4.69) is 53.3 Å². The molecule has 0 bridgehead atoms. The summed E-state index contributed by atoms with van der Waals surface area (Å²) in [5, 5.41) is 0. The Labute approximate surface area is 94.0 Å². The first-order chi connectivity index (χ1) is 6.86. The first-order valence-electron chi connectivity index (χ1n) is 5.57. The lowest BCUT2D eigenvalue weighted by molar-refractivity contribution is 0.589. The lowest BCUT2D eigenvalue weighted by atomic mass is 9.83. The highest BCUT2D eigenvalue weighted by Gasteiger charge is 2.15. The van der Waals surface area contributed by atoms with Crippen molar-refractivity contribution in [3.63, 3.8) is 0 Å². The lowest BCUT2D eigenvalue weighted by Crippen LogP contribution is -2.12. The fourth-order valence-corrected chi connectivity index (χ4v) is 1.89. The number of hydrogen-bond acceptors (Lipinski definition) is 0. The van der Waals surface area contributed by atoms with Crippen LogP contribution in [0.1, 0.15) is 43.0 Å². The molecule has 0 amide bonds. The monoisotopic (exact) mass is 202 g/mol. The predicted molar refractivity (Wildman–Crippen MR) is 68.5 cm³/mol. The molecule has 0 nitrogen and oxygen atoms in total. The van der Waals surface area contributed by atoms with Gasteiger partial charge in [-0.3, -0.25) is 0 Å². The van der Waals surface area contributed by atoms with E-state index in [1.807, 2.05) is 6.08 Å². The quantitative estimate of drug-likeness (QED) is 0.626. The van der Waals surface area contributed by atoms with Crippen LogP contribution in [0.25, 0.3) is 0 Å². The van der Waals surface area contributed by atoms with E-state index in [0.717, 1.165) is 6.42 Å². The lowest BCUT2D eigenvalue weighted by Gasteiger charge is -2.22. The van der Waals surface area contributed by atoms with Crippen LogP contribution >= 0.6 is 0 Å². The van der Waals surface area contributed by atoms with Crippen LogP contribution in [0, 0.1) is 13.8 Å².